The lowest BCUT2D eigenvalue weighted by molar-refractivity contribution is 0.0943. The molecule has 0 fully saturated rings. The summed E-state index contributed by atoms with van der Waals surface area (Å²) in [4.78, 5) is 25.7. The molecule has 24 heavy (non-hydrogen) atoms. The summed E-state index contributed by atoms with van der Waals surface area (Å²) in [5, 5.41) is 6.75. The first-order valence-electron chi connectivity index (χ1n) is 8.16. The summed E-state index contributed by atoms with van der Waals surface area (Å²) in [5.41, 5.74) is 2.27. The van der Waals surface area contributed by atoms with Crippen molar-refractivity contribution in [1.29, 1.82) is 0 Å². The van der Waals surface area contributed by atoms with Gasteiger partial charge < -0.3 is 5.32 Å². The third-order valence-electron chi connectivity index (χ3n) is 3.97. The first-order chi connectivity index (χ1) is 11.5. The zero-order valence-electron chi connectivity index (χ0n) is 14.5. The number of nitrogens with one attached hydrogen (secondary N) is 1. The maximum atomic E-state index is 12.1. The van der Waals surface area contributed by atoms with Crippen LogP contribution in [0.5, 0.6) is 0 Å². The van der Waals surface area contributed by atoms with Gasteiger partial charge in [-0.25, -0.2) is 4.68 Å². The number of aryl methyl sites for hydroxylation is 1. The fraction of sp³-hybridized carbons (Fsp3) is 0.389. The van der Waals surface area contributed by atoms with Gasteiger partial charge in [-0.05, 0) is 30.3 Å². The maximum absolute atomic E-state index is 12.1. The molecular weight excluding hydrogens is 304 g/mol. The summed E-state index contributed by atoms with van der Waals surface area (Å²) in [6, 6.07) is 11.0. The fourth-order valence-corrected chi connectivity index (χ4v) is 2.36. The number of amides is 1. The van der Waals surface area contributed by atoms with Crippen LogP contribution in [0.25, 0.3) is 0 Å². The fourth-order valence-electron chi connectivity index (χ4n) is 2.36. The van der Waals surface area contributed by atoms with Gasteiger partial charge >= 0.3 is 0 Å². The maximum Gasteiger partial charge on any atom is 0.271 e. The molecule has 2 rings (SSSR count). The van der Waals surface area contributed by atoms with Crippen LogP contribution in [0.2, 0.25) is 0 Å². The van der Waals surface area contributed by atoms with Gasteiger partial charge in [-0.3, -0.25) is 14.5 Å². The van der Waals surface area contributed by atoms with Crippen LogP contribution in [0.1, 0.15) is 35.5 Å². The van der Waals surface area contributed by atoms with E-state index in [0.717, 1.165) is 29.9 Å². The van der Waals surface area contributed by atoms with Crippen LogP contribution in [-0.2, 0) is 20.1 Å². The molecule has 0 saturated carbocycles. The lowest BCUT2D eigenvalue weighted by atomic mass is 10.1. The van der Waals surface area contributed by atoms with E-state index >= 15 is 0 Å². The molecule has 0 bridgehead atoms. The normalized spacial score (nSPS) is 10.8. The lowest BCUT2D eigenvalue weighted by Crippen LogP contribution is -2.28. The molecule has 1 aromatic carbocycles. The molecule has 1 amide bonds. The Kier molecular flexibility index (Phi) is 6.26. The van der Waals surface area contributed by atoms with Gasteiger partial charge in [-0.2, -0.15) is 5.10 Å². The van der Waals surface area contributed by atoms with Crippen LogP contribution >= 0.6 is 0 Å². The summed E-state index contributed by atoms with van der Waals surface area (Å²) in [6.07, 6.45) is 0. The standard InChI is InChI=1S/C18H24N4O2/c1-4-22(5-2)13-15-8-6-14(7-9-15)12-19-18(24)16-10-11-17(23)21(3)20-16/h6-11H,4-5,12-13H2,1-3H3,(H,19,24). The smallest absolute Gasteiger partial charge is 0.271 e. The minimum absolute atomic E-state index is 0.232. The molecule has 0 saturated heterocycles. The molecule has 1 aromatic heterocycles. The molecule has 0 aliphatic carbocycles. The minimum Gasteiger partial charge on any atom is -0.347 e. The van der Waals surface area contributed by atoms with Crippen LogP contribution in [0.15, 0.2) is 41.2 Å². The van der Waals surface area contributed by atoms with E-state index in [1.807, 2.05) is 12.1 Å². The predicted molar refractivity (Wildman–Crippen MR) is 93.7 cm³/mol. The Labute approximate surface area is 142 Å². The second kappa shape index (κ2) is 8.40. The number of aromatic nitrogens is 2. The summed E-state index contributed by atoms with van der Waals surface area (Å²) in [6.45, 7) is 7.72. The van der Waals surface area contributed by atoms with Gasteiger partial charge in [0.15, 0.2) is 0 Å². The average molecular weight is 328 g/mol. The summed E-state index contributed by atoms with van der Waals surface area (Å²) in [7, 11) is 1.52. The molecular formula is C18H24N4O2. The van der Waals surface area contributed by atoms with Crippen molar-refractivity contribution >= 4 is 5.91 Å². The van der Waals surface area contributed by atoms with Crippen molar-refractivity contribution in [2.75, 3.05) is 13.1 Å². The molecule has 0 aliphatic heterocycles. The van der Waals surface area contributed by atoms with Crippen LogP contribution in [0.4, 0.5) is 0 Å². The van der Waals surface area contributed by atoms with E-state index in [9.17, 15) is 9.59 Å². The Bertz CT molecular complexity index is 733. The predicted octanol–water partition coefficient (Wildman–Crippen LogP) is 1.55. The van der Waals surface area contributed by atoms with Crippen molar-refractivity contribution in [3.8, 4) is 0 Å². The van der Waals surface area contributed by atoms with E-state index in [2.05, 4.69) is 41.3 Å². The SMILES string of the molecule is CCN(CC)Cc1ccc(CNC(=O)c2ccc(=O)n(C)n2)cc1. The summed E-state index contributed by atoms with van der Waals surface area (Å²) >= 11 is 0. The topological polar surface area (TPSA) is 67.2 Å². The molecule has 1 N–H and O–H groups in total. The van der Waals surface area contributed by atoms with Gasteiger partial charge in [-0.15, -0.1) is 0 Å². The Morgan fingerprint density at radius 1 is 1.08 bits per heavy atom. The van der Waals surface area contributed by atoms with E-state index in [4.69, 9.17) is 0 Å². The van der Waals surface area contributed by atoms with Crippen molar-refractivity contribution < 1.29 is 4.79 Å². The zero-order valence-corrected chi connectivity index (χ0v) is 14.5. The Hall–Kier alpha value is -2.47. The van der Waals surface area contributed by atoms with E-state index in [0.29, 0.717) is 6.54 Å². The first-order valence-corrected chi connectivity index (χ1v) is 8.16. The number of nitrogens with zero attached hydrogens (tertiary/aromatic N) is 3. The molecule has 0 spiro atoms. The van der Waals surface area contributed by atoms with E-state index in [1.54, 1.807) is 0 Å². The lowest BCUT2D eigenvalue weighted by Gasteiger charge is -2.18. The Balaban J connectivity index is 1.93. The number of benzene rings is 1. The third kappa shape index (κ3) is 4.76. The quantitative estimate of drug-likeness (QED) is 0.837. The van der Waals surface area contributed by atoms with Gasteiger partial charge in [0, 0.05) is 26.2 Å². The molecule has 2 aromatic rings. The molecule has 0 unspecified atom stereocenters. The van der Waals surface area contributed by atoms with Gasteiger partial charge in [0.1, 0.15) is 5.69 Å². The molecule has 6 heteroatoms. The van der Waals surface area contributed by atoms with E-state index in [-0.39, 0.29) is 17.2 Å². The highest BCUT2D eigenvalue weighted by Gasteiger charge is 2.08. The largest absolute Gasteiger partial charge is 0.347 e. The van der Waals surface area contributed by atoms with Crippen molar-refractivity contribution in [2.24, 2.45) is 7.05 Å². The minimum atomic E-state index is -0.294. The highest BCUT2D eigenvalue weighted by atomic mass is 16.2. The Morgan fingerprint density at radius 2 is 1.71 bits per heavy atom. The van der Waals surface area contributed by atoms with Crippen molar-refractivity contribution in [2.45, 2.75) is 26.9 Å². The molecule has 6 nitrogen and oxygen atoms in total. The number of carbonyl (C=O) groups excluding carboxylic acids is 1. The summed E-state index contributed by atoms with van der Waals surface area (Å²) in [5.74, 6) is -0.294. The monoisotopic (exact) mass is 328 g/mol. The number of rotatable bonds is 7. The van der Waals surface area contributed by atoms with Gasteiger partial charge in [0.25, 0.3) is 11.5 Å². The first kappa shape index (κ1) is 17.9. The van der Waals surface area contributed by atoms with Crippen molar-refractivity contribution in [3.63, 3.8) is 0 Å². The van der Waals surface area contributed by atoms with Gasteiger partial charge in [0.2, 0.25) is 0 Å². The second-order valence-corrected chi connectivity index (χ2v) is 5.64. The second-order valence-electron chi connectivity index (χ2n) is 5.64. The molecule has 0 aliphatic rings. The number of hydrogen-bond donors (Lipinski definition) is 1. The average Bonchev–Trinajstić information content (AvgIpc) is 2.61. The van der Waals surface area contributed by atoms with Crippen LogP contribution in [0, 0.1) is 0 Å². The molecule has 1 heterocycles. The number of hydrogen-bond acceptors (Lipinski definition) is 4. The highest BCUT2D eigenvalue weighted by Crippen LogP contribution is 2.07. The number of carbonyl (C=O) groups is 1. The summed E-state index contributed by atoms with van der Waals surface area (Å²) < 4.78 is 1.15. The van der Waals surface area contributed by atoms with Crippen molar-refractivity contribution in [1.82, 2.24) is 20.0 Å². The van der Waals surface area contributed by atoms with Gasteiger partial charge in [-0.1, -0.05) is 38.1 Å². The van der Waals surface area contributed by atoms with Gasteiger partial charge in [0.05, 0.1) is 0 Å². The highest BCUT2D eigenvalue weighted by molar-refractivity contribution is 5.91. The molecule has 0 atom stereocenters. The molecule has 128 valence electrons. The van der Waals surface area contributed by atoms with Crippen molar-refractivity contribution in [3.05, 3.63) is 63.6 Å². The van der Waals surface area contributed by atoms with Crippen LogP contribution in [-0.4, -0.2) is 33.7 Å². The zero-order chi connectivity index (χ0) is 17.5. The van der Waals surface area contributed by atoms with Crippen LogP contribution < -0.4 is 10.9 Å². The van der Waals surface area contributed by atoms with Crippen LogP contribution in [0.3, 0.4) is 0 Å². The Morgan fingerprint density at radius 3 is 2.29 bits per heavy atom. The van der Waals surface area contributed by atoms with E-state index < -0.39 is 0 Å². The third-order valence-corrected chi connectivity index (χ3v) is 3.97. The van der Waals surface area contributed by atoms with E-state index in [1.165, 1.54) is 24.7 Å². The molecule has 0 radical (unpaired) electrons.